The first kappa shape index (κ1) is 21.0. The van der Waals surface area contributed by atoms with Gasteiger partial charge in [0.25, 0.3) is 10.0 Å². The molecule has 0 unspecified atom stereocenters. The molecular formula is C24H22N4O4S. The average Bonchev–Trinajstić information content (AvgIpc) is 3.26. The molecule has 0 radical (unpaired) electrons. The summed E-state index contributed by atoms with van der Waals surface area (Å²) in [4.78, 5) is 16.3. The van der Waals surface area contributed by atoms with Crippen LogP contribution in [0.2, 0.25) is 0 Å². The molecule has 9 heteroatoms. The van der Waals surface area contributed by atoms with Gasteiger partial charge < -0.3 is 14.5 Å². The number of hydrogen-bond acceptors (Lipinski definition) is 6. The summed E-state index contributed by atoms with van der Waals surface area (Å²) < 4.78 is 33.1. The number of carbonyl (C=O) groups is 1. The molecule has 33 heavy (non-hydrogen) atoms. The summed E-state index contributed by atoms with van der Waals surface area (Å²) in [6.07, 6.45) is -0.400. The van der Waals surface area contributed by atoms with Crippen molar-refractivity contribution >= 4 is 32.8 Å². The number of anilines is 1. The third-order valence-corrected chi connectivity index (χ3v) is 7.19. The van der Waals surface area contributed by atoms with Crippen LogP contribution in [-0.2, 0) is 10.0 Å². The molecule has 5 rings (SSSR count). The zero-order valence-corrected chi connectivity index (χ0v) is 18.6. The van der Waals surface area contributed by atoms with E-state index in [1.807, 2.05) is 35.2 Å². The van der Waals surface area contributed by atoms with Gasteiger partial charge >= 0.3 is 6.09 Å². The maximum Gasteiger partial charge on any atom is 0.415 e. The van der Waals surface area contributed by atoms with Crippen LogP contribution in [0.15, 0.2) is 89.8 Å². The molecule has 0 aliphatic carbocycles. The number of benzene rings is 3. The molecule has 1 aliphatic heterocycles. The lowest BCUT2D eigenvalue weighted by Gasteiger charge is -2.34. The molecule has 4 aromatic rings. The Hall–Kier alpha value is -3.85. The van der Waals surface area contributed by atoms with E-state index in [4.69, 9.17) is 4.74 Å². The number of fused-ring (bicyclic) bond motifs is 1. The van der Waals surface area contributed by atoms with Crippen molar-refractivity contribution < 1.29 is 17.9 Å². The number of para-hydroxylation sites is 2. The first-order valence-electron chi connectivity index (χ1n) is 10.6. The van der Waals surface area contributed by atoms with E-state index >= 15 is 0 Å². The third-order valence-electron chi connectivity index (χ3n) is 5.59. The van der Waals surface area contributed by atoms with Gasteiger partial charge in [0.2, 0.25) is 0 Å². The molecule has 0 N–H and O–H groups in total. The number of hydrogen-bond donors (Lipinski definition) is 0. The summed E-state index contributed by atoms with van der Waals surface area (Å²) >= 11 is 0. The van der Waals surface area contributed by atoms with Gasteiger partial charge in [0, 0.05) is 31.6 Å². The van der Waals surface area contributed by atoms with E-state index in [1.54, 1.807) is 59.5 Å². The highest BCUT2D eigenvalue weighted by molar-refractivity contribution is 7.90. The second kappa shape index (κ2) is 8.59. The molecule has 1 amide bonds. The lowest BCUT2D eigenvalue weighted by Crippen LogP contribution is -2.49. The fourth-order valence-electron chi connectivity index (χ4n) is 3.89. The zero-order valence-electron chi connectivity index (χ0n) is 17.7. The summed E-state index contributed by atoms with van der Waals surface area (Å²) in [6, 6.07) is 24.5. The van der Waals surface area contributed by atoms with Crippen LogP contribution in [0.25, 0.3) is 10.9 Å². The van der Waals surface area contributed by atoms with E-state index < -0.39 is 16.1 Å². The lowest BCUT2D eigenvalue weighted by atomic mass is 10.2. The Kier molecular flexibility index (Phi) is 5.47. The summed E-state index contributed by atoms with van der Waals surface area (Å²) in [7, 11) is -3.85. The Morgan fingerprint density at radius 3 is 2.09 bits per heavy atom. The molecule has 0 spiro atoms. The van der Waals surface area contributed by atoms with Crippen LogP contribution in [0.3, 0.4) is 0 Å². The van der Waals surface area contributed by atoms with Crippen LogP contribution < -0.4 is 9.64 Å². The molecule has 0 saturated carbocycles. The number of rotatable bonds is 4. The van der Waals surface area contributed by atoms with Crippen molar-refractivity contribution in [2.24, 2.45) is 0 Å². The molecule has 168 valence electrons. The molecule has 0 atom stereocenters. The summed E-state index contributed by atoms with van der Waals surface area (Å²) in [5, 5.41) is 5.27. The Morgan fingerprint density at radius 1 is 0.788 bits per heavy atom. The van der Waals surface area contributed by atoms with Crippen molar-refractivity contribution in [1.82, 2.24) is 14.1 Å². The Labute approximate surface area is 191 Å². The van der Waals surface area contributed by atoms with E-state index in [1.165, 1.54) is 0 Å². The van der Waals surface area contributed by atoms with Gasteiger partial charge in [-0.25, -0.2) is 4.79 Å². The topological polar surface area (TPSA) is 84.7 Å². The number of nitrogens with zero attached hydrogens (tertiary/aromatic N) is 4. The van der Waals surface area contributed by atoms with E-state index in [0.717, 1.165) is 9.47 Å². The minimum atomic E-state index is -3.85. The molecule has 1 saturated heterocycles. The standard InChI is InChI=1S/C24H22N4O4S/c29-24(32-19-9-3-1-4-10-19)27-17-15-26(16-18-27)23-21-13-7-8-14-22(21)28(25-23)33(30,31)20-11-5-2-6-12-20/h1-14H,15-18H2. The molecule has 1 fully saturated rings. The van der Waals surface area contributed by atoms with Crippen LogP contribution in [0.1, 0.15) is 0 Å². The van der Waals surface area contributed by atoms with Crippen LogP contribution in [0.5, 0.6) is 5.75 Å². The van der Waals surface area contributed by atoms with E-state index in [-0.39, 0.29) is 4.90 Å². The van der Waals surface area contributed by atoms with Crippen molar-refractivity contribution in [3.8, 4) is 5.75 Å². The monoisotopic (exact) mass is 462 g/mol. The maximum absolute atomic E-state index is 13.3. The quantitative estimate of drug-likeness (QED) is 0.461. The van der Waals surface area contributed by atoms with Crippen LogP contribution in [-0.4, -0.2) is 54.8 Å². The molecule has 8 nitrogen and oxygen atoms in total. The highest BCUT2D eigenvalue weighted by atomic mass is 32.2. The van der Waals surface area contributed by atoms with Crippen LogP contribution in [0.4, 0.5) is 10.6 Å². The highest BCUT2D eigenvalue weighted by Gasteiger charge is 2.28. The van der Waals surface area contributed by atoms with Crippen molar-refractivity contribution in [3.63, 3.8) is 0 Å². The highest BCUT2D eigenvalue weighted by Crippen LogP contribution is 2.29. The van der Waals surface area contributed by atoms with Gasteiger partial charge in [-0.3, -0.25) is 0 Å². The van der Waals surface area contributed by atoms with Gasteiger partial charge in [-0.15, -0.1) is 5.10 Å². The van der Waals surface area contributed by atoms with Gasteiger partial charge in [-0.1, -0.05) is 48.5 Å². The second-order valence-corrected chi connectivity index (χ2v) is 9.42. The number of aromatic nitrogens is 2. The largest absolute Gasteiger partial charge is 0.415 e. The molecule has 2 heterocycles. The predicted molar refractivity (Wildman–Crippen MR) is 125 cm³/mol. The number of piperazine rings is 1. The van der Waals surface area contributed by atoms with Crippen molar-refractivity contribution in [3.05, 3.63) is 84.9 Å². The molecule has 1 aromatic heterocycles. The first-order chi connectivity index (χ1) is 16.0. The molecule has 3 aromatic carbocycles. The lowest BCUT2D eigenvalue weighted by molar-refractivity contribution is 0.149. The number of carbonyl (C=O) groups excluding carboxylic acids is 1. The summed E-state index contributed by atoms with van der Waals surface area (Å²) in [6.45, 7) is 1.91. The van der Waals surface area contributed by atoms with Gasteiger partial charge in [0.15, 0.2) is 5.82 Å². The van der Waals surface area contributed by atoms with Gasteiger partial charge in [-0.05, 0) is 36.4 Å². The van der Waals surface area contributed by atoms with E-state index in [0.29, 0.717) is 43.3 Å². The van der Waals surface area contributed by atoms with Gasteiger partial charge in [0.1, 0.15) is 5.75 Å². The van der Waals surface area contributed by atoms with Crippen LogP contribution >= 0.6 is 0 Å². The normalized spacial score (nSPS) is 14.4. The fraction of sp³-hybridized carbons (Fsp3) is 0.167. The average molecular weight is 463 g/mol. The van der Waals surface area contributed by atoms with Gasteiger partial charge in [0.05, 0.1) is 10.4 Å². The van der Waals surface area contributed by atoms with Crippen molar-refractivity contribution in [1.29, 1.82) is 0 Å². The van der Waals surface area contributed by atoms with Crippen LogP contribution in [0, 0.1) is 0 Å². The SMILES string of the molecule is O=C(Oc1ccccc1)N1CCN(c2nn(S(=O)(=O)c3ccccc3)c3ccccc23)CC1. The molecular weight excluding hydrogens is 440 g/mol. The van der Waals surface area contributed by atoms with Gasteiger partial charge in [-0.2, -0.15) is 12.5 Å². The minimum Gasteiger partial charge on any atom is -0.410 e. The first-order valence-corrected chi connectivity index (χ1v) is 12.0. The Balaban J connectivity index is 1.39. The third kappa shape index (κ3) is 4.03. The Bertz CT molecular complexity index is 1380. The fourth-order valence-corrected chi connectivity index (χ4v) is 5.19. The summed E-state index contributed by atoms with van der Waals surface area (Å²) in [5.74, 6) is 1.09. The van der Waals surface area contributed by atoms with E-state index in [2.05, 4.69) is 5.10 Å². The minimum absolute atomic E-state index is 0.179. The summed E-state index contributed by atoms with van der Waals surface area (Å²) in [5.41, 5.74) is 0.516. The number of amides is 1. The number of ether oxygens (including phenoxy) is 1. The smallest absolute Gasteiger partial charge is 0.410 e. The van der Waals surface area contributed by atoms with Crippen molar-refractivity contribution in [2.75, 3.05) is 31.1 Å². The van der Waals surface area contributed by atoms with Crippen molar-refractivity contribution in [2.45, 2.75) is 4.90 Å². The Morgan fingerprint density at radius 2 is 1.39 bits per heavy atom. The molecule has 1 aliphatic rings. The zero-order chi connectivity index (χ0) is 22.8. The molecule has 0 bridgehead atoms. The maximum atomic E-state index is 13.3. The second-order valence-electron chi connectivity index (χ2n) is 7.66. The van der Waals surface area contributed by atoms with E-state index in [9.17, 15) is 13.2 Å². The predicted octanol–water partition coefficient (Wildman–Crippen LogP) is 3.59.